The molecule has 1 aromatic carbocycles. The smallest absolute Gasteiger partial charge is 0.0752 e. The molecule has 0 saturated heterocycles. The summed E-state index contributed by atoms with van der Waals surface area (Å²) < 4.78 is 0.852. The van der Waals surface area contributed by atoms with Crippen LogP contribution in [0.15, 0.2) is 28.9 Å². The molecule has 0 aliphatic carbocycles. The summed E-state index contributed by atoms with van der Waals surface area (Å²) in [5, 5.41) is 1.01. The highest BCUT2D eigenvalue weighted by molar-refractivity contribution is 9.10. The van der Waals surface area contributed by atoms with Gasteiger partial charge in [-0.1, -0.05) is 18.2 Å². The second-order valence-corrected chi connectivity index (χ2v) is 3.85. The summed E-state index contributed by atoms with van der Waals surface area (Å²) in [6.45, 7) is 2.03. The van der Waals surface area contributed by atoms with E-state index in [0.29, 0.717) is 0 Å². The third-order valence-corrected chi connectivity index (χ3v) is 2.72. The van der Waals surface area contributed by atoms with Crippen LogP contribution >= 0.6 is 15.9 Å². The van der Waals surface area contributed by atoms with Crippen molar-refractivity contribution in [2.24, 2.45) is 0 Å². The minimum atomic E-state index is 0.758. The number of halogens is 1. The molecule has 0 bridgehead atoms. The average molecular weight is 237 g/mol. The highest BCUT2D eigenvalue weighted by atomic mass is 79.9. The number of para-hydroxylation sites is 1. The number of nitrogens with zero attached hydrogens (tertiary/aromatic N) is 1. The third-order valence-electron chi connectivity index (χ3n) is 2.09. The number of anilines is 1. The van der Waals surface area contributed by atoms with Gasteiger partial charge in [0, 0.05) is 11.6 Å². The molecular formula is C10H9BrN2. The Labute approximate surface area is 84.9 Å². The predicted molar refractivity (Wildman–Crippen MR) is 58.6 cm³/mol. The fourth-order valence-electron chi connectivity index (χ4n) is 1.37. The minimum absolute atomic E-state index is 0.758. The quantitative estimate of drug-likeness (QED) is 0.765. The van der Waals surface area contributed by atoms with Gasteiger partial charge in [-0.3, -0.25) is 4.98 Å². The number of fused-ring (bicyclic) bond motifs is 1. The molecule has 1 aromatic heterocycles. The van der Waals surface area contributed by atoms with Crippen molar-refractivity contribution >= 4 is 32.5 Å². The van der Waals surface area contributed by atoms with Crippen molar-refractivity contribution in [3.8, 4) is 0 Å². The number of aromatic nitrogens is 1. The van der Waals surface area contributed by atoms with Crippen LogP contribution in [0.1, 0.15) is 5.56 Å². The molecule has 3 heteroatoms. The third kappa shape index (κ3) is 1.29. The second-order valence-electron chi connectivity index (χ2n) is 2.99. The summed E-state index contributed by atoms with van der Waals surface area (Å²) in [6, 6.07) is 6.00. The van der Waals surface area contributed by atoms with Crippen LogP contribution in [-0.2, 0) is 0 Å². The number of hydrogen-bond donors (Lipinski definition) is 1. The summed E-state index contributed by atoms with van der Waals surface area (Å²) in [5.74, 6) is 0. The molecule has 1 heterocycles. The molecule has 0 unspecified atom stereocenters. The van der Waals surface area contributed by atoms with Crippen LogP contribution in [0.2, 0.25) is 0 Å². The van der Waals surface area contributed by atoms with E-state index in [1.165, 1.54) is 0 Å². The van der Waals surface area contributed by atoms with Gasteiger partial charge in [0.1, 0.15) is 0 Å². The van der Waals surface area contributed by atoms with Crippen LogP contribution in [0.4, 0.5) is 5.69 Å². The molecule has 2 N–H and O–H groups in total. The van der Waals surface area contributed by atoms with Crippen molar-refractivity contribution < 1.29 is 0 Å². The molecular weight excluding hydrogens is 228 g/mol. The Bertz CT molecular complexity index is 466. The number of nitrogen functional groups attached to an aromatic ring is 1. The number of rotatable bonds is 0. The Hall–Kier alpha value is -1.09. The largest absolute Gasteiger partial charge is 0.397 e. The van der Waals surface area contributed by atoms with Gasteiger partial charge < -0.3 is 5.73 Å². The Morgan fingerprint density at radius 1 is 1.38 bits per heavy atom. The van der Waals surface area contributed by atoms with Crippen molar-refractivity contribution in [3.63, 3.8) is 0 Å². The zero-order valence-corrected chi connectivity index (χ0v) is 8.80. The first-order valence-electron chi connectivity index (χ1n) is 3.99. The van der Waals surface area contributed by atoms with E-state index < -0.39 is 0 Å². The van der Waals surface area contributed by atoms with E-state index in [9.17, 15) is 0 Å². The fraction of sp³-hybridized carbons (Fsp3) is 0.100. The van der Waals surface area contributed by atoms with Gasteiger partial charge in [-0.15, -0.1) is 0 Å². The molecule has 2 aromatic rings. The second kappa shape index (κ2) is 3.00. The Morgan fingerprint density at radius 3 is 2.92 bits per heavy atom. The molecule has 0 saturated carbocycles. The number of hydrogen-bond acceptors (Lipinski definition) is 2. The van der Waals surface area contributed by atoms with Crippen molar-refractivity contribution in [2.75, 3.05) is 5.73 Å². The number of aryl methyl sites for hydroxylation is 1. The normalized spacial score (nSPS) is 10.6. The zero-order chi connectivity index (χ0) is 9.42. The monoisotopic (exact) mass is 236 g/mol. The van der Waals surface area contributed by atoms with Crippen molar-refractivity contribution in [1.82, 2.24) is 4.98 Å². The average Bonchev–Trinajstić information content (AvgIpc) is 2.12. The van der Waals surface area contributed by atoms with Gasteiger partial charge in [0.05, 0.1) is 15.7 Å². The van der Waals surface area contributed by atoms with Gasteiger partial charge >= 0.3 is 0 Å². The van der Waals surface area contributed by atoms with Crippen LogP contribution in [0.3, 0.4) is 0 Å². The van der Waals surface area contributed by atoms with E-state index in [-0.39, 0.29) is 0 Å². The Kier molecular flexibility index (Phi) is 1.96. The van der Waals surface area contributed by atoms with Crippen LogP contribution in [-0.4, -0.2) is 4.98 Å². The van der Waals surface area contributed by atoms with Gasteiger partial charge in [-0.2, -0.15) is 0 Å². The zero-order valence-electron chi connectivity index (χ0n) is 7.21. The van der Waals surface area contributed by atoms with Gasteiger partial charge in [0.2, 0.25) is 0 Å². The van der Waals surface area contributed by atoms with E-state index >= 15 is 0 Å². The first-order chi connectivity index (χ1) is 6.20. The highest BCUT2D eigenvalue weighted by Gasteiger charge is 2.04. The van der Waals surface area contributed by atoms with Crippen LogP contribution in [0.5, 0.6) is 0 Å². The van der Waals surface area contributed by atoms with E-state index in [2.05, 4.69) is 20.9 Å². The molecule has 0 fully saturated rings. The molecule has 0 amide bonds. The Balaban J connectivity index is 2.94. The molecule has 0 radical (unpaired) electrons. The molecule has 0 aliphatic heterocycles. The summed E-state index contributed by atoms with van der Waals surface area (Å²) in [6.07, 6.45) is 1.74. The molecule has 0 spiro atoms. The minimum Gasteiger partial charge on any atom is -0.397 e. The lowest BCUT2D eigenvalue weighted by Gasteiger charge is -2.04. The topological polar surface area (TPSA) is 38.9 Å². The van der Waals surface area contributed by atoms with Gasteiger partial charge in [0.15, 0.2) is 0 Å². The SMILES string of the molecule is Cc1cccc2c(N)c(Br)cnc12. The maximum absolute atomic E-state index is 5.90. The highest BCUT2D eigenvalue weighted by Crippen LogP contribution is 2.27. The van der Waals surface area contributed by atoms with Gasteiger partial charge in [-0.25, -0.2) is 0 Å². The predicted octanol–water partition coefficient (Wildman–Crippen LogP) is 2.89. The first-order valence-corrected chi connectivity index (χ1v) is 4.79. The molecule has 66 valence electrons. The Morgan fingerprint density at radius 2 is 2.15 bits per heavy atom. The maximum atomic E-state index is 5.90. The summed E-state index contributed by atoms with van der Waals surface area (Å²) in [4.78, 5) is 4.31. The fourth-order valence-corrected chi connectivity index (χ4v) is 1.68. The van der Waals surface area contributed by atoms with Crippen LogP contribution in [0, 0.1) is 6.92 Å². The summed E-state index contributed by atoms with van der Waals surface area (Å²) in [7, 11) is 0. The van der Waals surface area contributed by atoms with Crippen LogP contribution in [0.25, 0.3) is 10.9 Å². The first kappa shape index (κ1) is 8.51. The summed E-state index contributed by atoms with van der Waals surface area (Å²) >= 11 is 3.35. The number of pyridine rings is 1. The standard InChI is InChI=1S/C10H9BrN2/c1-6-3-2-4-7-9(12)8(11)5-13-10(6)7/h2-5H,1H3,(H2,12,13). The van der Waals surface area contributed by atoms with E-state index in [0.717, 1.165) is 26.6 Å². The number of benzene rings is 1. The number of nitrogens with two attached hydrogens (primary N) is 1. The van der Waals surface area contributed by atoms with Crippen LogP contribution < -0.4 is 5.73 Å². The lowest BCUT2D eigenvalue weighted by Crippen LogP contribution is -1.92. The maximum Gasteiger partial charge on any atom is 0.0752 e. The van der Waals surface area contributed by atoms with E-state index in [1.54, 1.807) is 6.20 Å². The lowest BCUT2D eigenvalue weighted by molar-refractivity contribution is 1.35. The summed E-state index contributed by atoms with van der Waals surface area (Å²) in [5.41, 5.74) is 8.78. The molecule has 2 nitrogen and oxygen atoms in total. The van der Waals surface area contributed by atoms with Crippen molar-refractivity contribution in [3.05, 3.63) is 34.4 Å². The lowest BCUT2D eigenvalue weighted by atomic mass is 10.1. The molecule has 13 heavy (non-hydrogen) atoms. The van der Waals surface area contributed by atoms with Crippen molar-refractivity contribution in [2.45, 2.75) is 6.92 Å². The van der Waals surface area contributed by atoms with Gasteiger partial charge in [-0.05, 0) is 28.4 Å². The van der Waals surface area contributed by atoms with E-state index in [1.807, 2.05) is 25.1 Å². The molecule has 2 rings (SSSR count). The molecule has 0 atom stereocenters. The van der Waals surface area contributed by atoms with E-state index in [4.69, 9.17) is 5.73 Å². The van der Waals surface area contributed by atoms with Crippen molar-refractivity contribution in [1.29, 1.82) is 0 Å². The van der Waals surface area contributed by atoms with Gasteiger partial charge in [0.25, 0.3) is 0 Å². The molecule has 0 aliphatic rings.